The van der Waals surface area contributed by atoms with Gasteiger partial charge in [-0.3, -0.25) is 5.10 Å². The number of allylic oxidation sites excluding steroid dienone is 1. The Labute approximate surface area is 210 Å². The van der Waals surface area contributed by atoms with E-state index < -0.39 is 5.97 Å². The van der Waals surface area contributed by atoms with Crippen molar-refractivity contribution in [3.8, 4) is 0 Å². The number of fused-ring (bicyclic) bond motifs is 1. The number of hydrogen-bond donors (Lipinski definition) is 2. The minimum Gasteiger partial charge on any atom is -0.478 e. The minimum atomic E-state index is -0.957. The van der Waals surface area contributed by atoms with Crippen molar-refractivity contribution in [3.63, 3.8) is 0 Å². The Kier molecular flexibility index (Phi) is 6.96. The molecule has 182 valence electrons. The molecular formula is C30H29N3O3. The van der Waals surface area contributed by atoms with Gasteiger partial charge in [0.05, 0.1) is 24.9 Å². The van der Waals surface area contributed by atoms with Crippen molar-refractivity contribution in [2.24, 2.45) is 0 Å². The number of aromatic amines is 1. The molecule has 6 heteroatoms. The molecule has 4 aromatic rings. The molecule has 3 aromatic carbocycles. The summed E-state index contributed by atoms with van der Waals surface area (Å²) in [5, 5.41) is 17.3. The van der Waals surface area contributed by atoms with Gasteiger partial charge in [0, 0.05) is 30.2 Å². The van der Waals surface area contributed by atoms with Gasteiger partial charge in [0.15, 0.2) is 0 Å². The van der Waals surface area contributed by atoms with Crippen molar-refractivity contribution in [2.45, 2.75) is 13.3 Å². The maximum absolute atomic E-state index is 10.9. The van der Waals surface area contributed by atoms with Gasteiger partial charge >= 0.3 is 5.97 Å². The maximum atomic E-state index is 10.9. The zero-order chi connectivity index (χ0) is 24.9. The summed E-state index contributed by atoms with van der Waals surface area (Å²) in [5.41, 5.74) is 8.86. The number of carbonyl (C=O) groups is 1. The van der Waals surface area contributed by atoms with Gasteiger partial charge in [0.2, 0.25) is 0 Å². The zero-order valence-electron chi connectivity index (χ0n) is 20.3. The maximum Gasteiger partial charge on any atom is 0.328 e. The molecule has 0 spiro atoms. The largest absolute Gasteiger partial charge is 0.478 e. The molecule has 1 fully saturated rings. The van der Waals surface area contributed by atoms with Crippen LogP contribution in [0.5, 0.6) is 0 Å². The summed E-state index contributed by atoms with van der Waals surface area (Å²) in [6.45, 7) is 5.48. The minimum absolute atomic E-state index is 0.749. The highest BCUT2D eigenvalue weighted by Crippen LogP contribution is 2.36. The molecule has 0 aliphatic carbocycles. The van der Waals surface area contributed by atoms with Crippen molar-refractivity contribution in [1.29, 1.82) is 0 Å². The van der Waals surface area contributed by atoms with Gasteiger partial charge in [-0.15, -0.1) is 0 Å². The van der Waals surface area contributed by atoms with Crippen LogP contribution in [-0.2, 0) is 9.53 Å². The molecule has 0 amide bonds. The van der Waals surface area contributed by atoms with Crippen LogP contribution in [0.25, 0.3) is 28.1 Å². The number of hydrogen-bond acceptors (Lipinski definition) is 4. The molecule has 0 bridgehead atoms. The average Bonchev–Trinajstić information content (AvgIpc) is 3.39. The van der Waals surface area contributed by atoms with Gasteiger partial charge in [-0.25, -0.2) is 4.79 Å². The highest BCUT2D eigenvalue weighted by atomic mass is 16.5. The van der Waals surface area contributed by atoms with E-state index in [0.29, 0.717) is 0 Å². The van der Waals surface area contributed by atoms with Crippen LogP contribution in [0.3, 0.4) is 0 Å². The summed E-state index contributed by atoms with van der Waals surface area (Å²) < 4.78 is 5.55. The molecule has 0 saturated carbocycles. The number of aromatic nitrogens is 2. The first kappa shape index (κ1) is 23.6. The number of ether oxygens (including phenoxy) is 1. The predicted molar refractivity (Wildman–Crippen MR) is 145 cm³/mol. The van der Waals surface area contributed by atoms with Gasteiger partial charge in [0.25, 0.3) is 0 Å². The Morgan fingerprint density at radius 2 is 1.81 bits per heavy atom. The Morgan fingerprint density at radius 1 is 1.03 bits per heavy atom. The second-order valence-corrected chi connectivity index (χ2v) is 8.82. The number of nitrogens with zero attached hydrogens (tertiary/aromatic N) is 2. The van der Waals surface area contributed by atoms with Crippen LogP contribution < -0.4 is 4.90 Å². The van der Waals surface area contributed by atoms with Gasteiger partial charge in [0.1, 0.15) is 0 Å². The average molecular weight is 480 g/mol. The molecule has 2 N–H and O–H groups in total. The van der Waals surface area contributed by atoms with Gasteiger partial charge in [-0.2, -0.15) is 5.10 Å². The lowest BCUT2D eigenvalue weighted by molar-refractivity contribution is -0.131. The Morgan fingerprint density at radius 3 is 2.56 bits per heavy atom. The van der Waals surface area contributed by atoms with Crippen LogP contribution >= 0.6 is 0 Å². The topological polar surface area (TPSA) is 78.4 Å². The first-order valence-corrected chi connectivity index (χ1v) is 12.2. The molecule has 1 saturated heterocycles. The molecule has 1 aliphatic heterocycles. The second-order valence-electron chi connectivity index (χ2n) is 8.82. The number of anilines is 1. The Bertz CT molecular complexity index is 1430. The van der Waals surface area contributed by atoms with Crippen molar-refractivity contribution in [1.82, 2.24) is 10.2 Å². The molecule has 5 rings (SSSR count). The SMILES string of the molecule is CC/C(=C(/c1ccc(/C=C/C(=O)O)cc1)c1ccc2[nH]ncc2c1)c1cccc(N2CCOCC2)c1. The van der Waals surface area contributed by atoms with Crippen LogP contribution in [0.15, 0.2) is 79.0 Å². The summed E-state index contributed by atoms with van der Waals surface area (Å²) in [6.07, 6.45) is 5.47. The number of H-pyrrole nitrogens is 1. The zero-order valence-corrected chi connectivity index (χ0v) is 20.3. The normalized spacial score (nSPS) is 14.9. The Balaban J connectivity index is 1.64. The first-order chi connectivity index (χ1) is 17.6. The molecule has 1 aromatic heterocycles. The van der Waals surface area contributed by atoms with Crippen molar-refractivity contribution in [2.75, 3.05) is 31.2 Å². The van der Waals surface area contributed by atoms with Crippen molar-refractivity contribution >= 4 is 39.8 Å². The number of carboxylic acid groups (broad SMARTS) is 1. The van der Waals surface area contributed by atoms with Crippen LogP contribution in [-0.4, -0.2) is 47.6 Å². The monoisotopic (exact) mass is 479 g/mol. The summed E-state index contributed by atoms with van der Waals surface area (Å²) in [5.74, 6) is -0.957. The van der Waals surface area contributed by atoms with Crippen LogP contribution in [0.1, 0.15) is 35.6 Å². The van der Waals surface area contributed by atoms with Gasteiger partial charge in [-0.05, 0) is 70.2 Å². The van der Waals surface area contributed by atoms with E-state index in [1.807, 2.05) is 18.3 Å². The lowest BCUT2D eigenvalue weighted by Gasteiger charge is -2.29. The summed E-state index contributed by atoms with van der Waals surface area (Å²) >= 11 is 0. The fraction of sp³-hybridized carbons (Fsp3) is 0.200. The first-order valence-electron chi connectivity index (χ1n) is 12.2. The Hall–Kier alpha value is -4.16. The summed E-state index contributed by atoms with van der Waals surface area (Å²) in [4.78, 5) is 13.3. The molecule has 6 nitrogen and oxygen atoms in total. The highest BCUT2D eigenvalue weighted by Gasteiger charge is 2.16. The van der Waals surface area contributed by atoms with Crippen molar-refractivity contribution in [3.05, 3.63) is 101 Å². The van der Waals surface area contributed by atoms with Crippen LogP contribution in [0.2, 0.25) is 0 Å². The molecule has 0 atom stereocenters. The number of morpholine rings is 1. The van der Waals surface area contributed by atoms with E-state index in [0.717, 1.165) is 72.0 Å². The lowest BCUT2D eigenvalue weighted by Crippen LogP contribution is -2.36. The number of rotatable bonds is 7. The molecular weight excluding hydrogens is 450 g/mol. The standard InChI is InChI=1S/C30H29N3O3/c1-2-27(23-4-3-5-26(19-23)33-14-16-36-17-15-33)30(24-11-12-28-25(18-24)20-31-32-28)22-9-6-21(7-10-22)8-13-29(34)35/h3-13,18-20H,2,14-17H2,1H3,(H,31,32)(H,34,35)/b13-8+,30-27+. The van der Waals surface area contributed by atoms with Crippen molar-refractivity contribution < 1.29 is 14.6 Å². The third-order valence-corrected chi connectivity index (χ3v) is 6.57. The number of benzene rings is 3. The third kappa shape index (κ3) is 5.09. The highest BCUT2D eigenvalue weighted by molar-refractivity contribution is 6.00. The van der Waals surface area contributed by atoms with Gasteiger partial charge in [-0.1, -0.05) is 49.4 Å². The van der Waals surface area contributed by atoms with Gasteiger partial charge < -0.3 is 14.7 Å². The van der Waals surface area contributed by atoms with E-state index in [9.17, 15) is 4.79 Å². The lowest BCUT2D eigenvalue weighted by atomic mass is 9.87. The number of carboxylic acids is 1. The van der Waals surface area contributed by atoms with E-state index >= 15 is 0 Å². The van der Waals surface area contributed by atoms with E-state index in [4.69, 9.17) is 9.84 Å². The van der Waals surface area contributed by atoms with E-state index in [-0.39, 0.29) is 0 Å². The molecule has 36 heavy (non-hydrogen) atoms. The van der Waals surface area contributed by atoms with Crippen LogP contribution in [0, 0.1) is 0 Å². The predicted octanol–water partition coefficient (Wildman–Crippen LogP) is 5.87. The molecule has 0 radical (unpaired) electrons. The number of nitrogens with one attached hydrogen (secondary N) is 1. The smallest absolute Gasteiger partial charge is 0.328 e. The van der Waals surface area contributed by atoms with E-state index in [1.165, 1.54) is 16.8 Å². The molecule has 2 heterocycles. The molecule has 1 aliphatic rings. The fourth-order valence-electron chi connectivity index (χ4n) is 4.78. The van der Waals surface area contributed by atoms with Crippen LogP contribution in [0.4, 0.5) is 5.69 Å². The van der Waals surface area contributed by atoms with E-state index in [2.05, 4.69) is 76.6 Å². The quantitative estimate of drug-likeness (QED) is 0.256. The third-order valence-electron chi connectivity index (χ3n) is 6.57. The number of aliphatic carboxylic acids is 1. The molecule has 0 unspecified atom stereocenters. The summed E-state index contributed by atoms with van der Waals surface area (Å²) in [7, 11) is 0. The summed E-state index contributed by atoms with van der Waals surface area (Å²) in [6, 6.07) is 23.2. The van der Waals surface area contributed by atoms with E-state index in [1.54, 1.807) is 6.08 Å². The second kappa shape index (κ2) is 10.6. The fourth-order valence-corrected chi connectivity index (χ4v) is 4.78.